The van der Waals surface area contributed by atoms with Crippen molar-refractivity contribution in [3.63, 3.8) is 0 Å². The quantitative estimate of drug-likeness (QED) is 0.520. The first-order chi connectivity index (χ1) is 13.1. The molecule has 2 aromatic carbocycles. The molecule has 0 atom stereocenters. The third-order valence-electron chi connectivity index (χ3n) is 4.33. The number of nitrogens with zero attached hydrogens (tertiary/aromatic N) is 2. The minimum absolute atomic E-state index is 0.549. The number of hydrazone groups is 1. The van der Waals surface area contributed by atoms with Crippen LogP contribution >= 0.6 is 0 Å². The van der Waals surface area contributed by atoms with Crippen LogP contribution in [0.25, 0.3) is 10.9 Å². The maximum absolute atomic E-state index is 5.36. The Labute approximate surface area is 158 Å². The lowest BCUT2D eigenvalue weighted by Gasteiger charge is -2.12. The van der Waals surface area contributed by atoms with Gasteiger partial charge in [-0.15, -0.1) is 0 Å². The molecule has 0 aliphatic carbocycles. The van der Waals surface area contributed by atoms with Crippen molar-refractivity contribution in [2.75, 3.05) is 26.8 Å². The smallest absolute Gasteiger partial charge is 0.203 e. The SMILES string of the molecule is COc1cc(C=NNc2cc(C)c3cccc(C)c3n2)cc(OC)c1OC. The lowest BCUT2D eigenvalue weighted by atomic mass is 10.1. The molecule has 0 unspecified atom stereocenters. The van der Waals surface area contributed by atoms with Crippen molar-refractivity contribution in [3.8, 4) is 17.2 Å². The molecule has 0 fully saturated rings. The van der Waals surface area contributed by atoms with E-state index in [0.717, 1.165) is 27.6 Å². The van der Waals surface area contributed by atoms with Gasteiger partial charge in [-0.05, 0) is 43.2 Å². The van der Waals surface area contributed by atoms with Crippen LogP contribution in [-0.4, -0.2) is 32.5 Å². The molecule has 6 nitrogen and oxygen atoms in total. The molecule has 0 saturated carbocycles. The number of ether oxygens (including phenoxy) is 3. The van der Waals surface area contributed by atoms with E-state index >= 15 is 0 Å². The van der Waals surface area contributed by atoms with Gasteiger partial charge in [0.2, 0.25) is 5.75 Å². The molecular formula is C21H23N3O3. The standard InChI is InChI=1S/C21H23N3O3/c1-13-7-6-8-16-14(2)9-19(23-20(13)16)24-22-12-15-10-17(25-3)21(27-5)18(11-15)26-4/h6-12H,1-5H3,(H,23,24). The fourth-order valence-corrected chi connectivity index (χ4v) is 2.97. The largest absolute Gasteiger partial charge is 0.493 e. The summed E-state index contributed by atoms with van der Waals surface area (Å²) in [5.41, 5.74) is 7.07. The third kappa shape index (κ3) is 3.79. The Kier molecular flexibility index (Phi) is 5.45. The summed E-state index contributed by atoms with van der Waals surface area (Å²) in [5, 5.41) is 5.45. The predicted molar refractivity (Wildman–Crippen MR) is 109 cm³/mol. The second-order valence-corrected chi connectivity index (χ2v) is 6.12. The van der Waals surface area contributed by atoms with E-state index in [1.807, 2.05) is 24.3 Å². The number of methoxy groups -OCH3 is 3. The van der Waals surface area contributed by atoms with Gasteiger partial charge < -0.3 is 14.2 Å². The van der Waals surface area contributed by atoms with E-state index in [4.69, 9.17) is 14.2 Å². The molecule has 140 valence electrons. The molecule has 1 N–H and O–H groups in total. The number of rotatable bonds is 6. The van der Waals surface area contributed by atoms with Gasteiger partial charge in [0.25, 0.3) is 0 Å². The maximum atomic E-state index is 5.36. The third-order valence-corrected chi connectivity index (χ3v) is 4.33. The summed E-state index contributed by atoms with van der Waals surface area (Å²) in [4.78, 5) is 4.67. The Hall–Kier alpha value is -3.28. The van der Waals surface area contributed by atoms with Gasteiger partial charge in [-0.25, -0.2) is 4.98 Å². The maximum Gasteiger partial charge on any atom is 0.203 e. The van der Waals surface area contributed by atoms with Crippen molar-refractivity contribution in [1.82, 2.24) is 4.98 Å². The minimum atomic E-state index is 0.549. The lowest BCUT2D eigenvalue weighted by Crippen LogP contribution is -1.98. The number of nitrogens with one attached hydrogen (secondary N) is 1. The van der Waals surface area contributed by atoms with E-state index in [0.29, 0.717) is 23.1 Å². The van der Waals surface area contributed by atoms with Crippen molar-refractivity contribution >= 4 is 22.9 Å². The van der Waals surface area contributed by atoms with Gasteiger partial charge in [-0.2, -0.15) is 5.10 Å². The van der Waals surface area contributed by atoms with Gasteiger partial charge in [-0.1, -0.05) is 18.2 Å². The van der Waals surface area contributed by atoms with E-state index in [9.17, 15) is 0 Å². The Bertz CT molecular complexity index is 974. The van der Waals surface area contributed by atoms with Gasteiger partial charge in [0.1, 0.15) is 5.82 Å². The molecule has 0 saturated heterocycles. The summed E-state index contributed by atoms with van der Waals surface area (Å²) in [6.45, 7) is 4.12. The summed E-state index contributed by atoms with van der Waals surface area (Å²) in [6.07, 6.45) is 1.68. The zero-order chi connectivity index (χ0) is 19.4. The highest BCUT2D eigenvalue weighted by Gasteiger charge is 2.12. The molecule has 0 amide bonds. The average Bonchev–Trinajstić information content (AvgIpc) is 2.68. The fraction of sp³-hybridized carbons (Fsp3) is 0.238. The van der Waals surface area contributed by atoms with E-state index < -0.39 is 0 Å². The molecule has 3 rings (SSSR count). The van der Waals surface area contributed by atoms with Crippen LogP contribution in [0.2, 0.25) is 0 Å². The first-order valence-electron chi connectivity index (χ1n) is 8.53. The number of pyridine rings is 1. The van der Waals surface area contributed by atoms with E-state index in [2.05, 4.69) is 41.5 Å². The Morgan fingerprint density at radius 1 is 0.926 bits per heavy atom. The second-order valence-electron chi connectivity index (χ2n) is 6.12. The molecule has 3 aromatic rings. The number of anilines is 1. The fourth-order valence-electron chi connectivity index (χ4n) is 2.97. The number of hydrogen-bond acceptors (Lipinski definition) is 6. The molecule has 1 heterocycles. The van der Waals surface area contributed by atoms with E-state index in [1.165, 1.54) is 0 Å². The topological polar surface area (TPSA) is 65.0 Å². The number of fused-ring (bicyclic) bond motifs is 1. The molecule has 0 spiro atoms. The molecule has 27 heavy (non-hydrogen) atoms. The molecule has 0 aliphatic rings. The number of hydrogen-bond donors (Lipinski definition) is 1. The summed E-state index contributed by atoms with van der Waals surface area (Å²) in [7, 11) is 4.74. The molecular weight excluding hydrogens is 342 g/mol. The lowest BCUT2D eigenvalue weighted by molar-refractivity contribution is 0.324. The minimum Gasteiger partial charge on any atom is -0.493 e. The van der Waals surface area contributed by atoms with Crippen molar-refractivity contribution in [3.05, 3.63) is 53.1 Å². The summed E-state index contributed by atoms with van der Waals surface area (Å²) < 4.78 is 16.1. The van der Waals surface area contributed by atoms with Crippen LogP contribution in [0.3, 0.4) is 0 Å². The molecule has 0 aliphatic heterocycles. The first-order valence-corrected chi connectivity index (χ1v) is 8.53. The van der Waals surface area contributed by atoms with Crippen molar-refractivity contribution in [2.24, 2.45) is 5.10 Å². The van der Waals surface area contributed by atoms with Gasteiger partial charge in [0.05, 0.1) is 33.1 Å². The predicted octanol–water partition coefficient (Wildman–Crippen LogP) is 4.32. The highest BCUT2D eigenvalue weighted by atomic mass is 16.5. The molecule has 0 radical (unpaired) electrons. The molecule has 1 aromatic heterocycles. The van der Waals surface area contributed by atoms with Crippen molar-refractivity contribution in [1.29, 1.82) is 0 Å². The van der Waals surface area contributed by atoms with Crippen LogP contribution in [0.15, 0.2) is 41.5 Å². The molecule has 0 bridgehead atoms. The summed E-state index contributed by atoms with van der Waals surface area (Å²) in [5.74, 6) is 2.40. The highest BCUT2D eigenvalue weighted by Crippen LogP contribution is 2.37. The number of benzene rings is 2. The van der Waals surface area contributed by atoms with Crippen LogP contribution < -0.4 is 19.6 Å². The van der Waals surface area contributed by atoms with Gasteiger partial charge in [0.15, 0.2) is 11.5 Å². The van der Waals surface area contributed by atoms with Crippen LogP contribution in [0, 0.1) is 13.8 Å². The zero-order valence-electron chi connectivity index (χ0n) is 16.2. The summed E-state index contributed by atoms with van der Waals surface area (Å²) >= 11 is 0. The van der Waals surface area contributed by atoms with Gasteiger partial charge >= 0.3 is 0 Å². The van der Waals surface area contributed by atoms with Crippen molar-refractivity contribution in [2.45, 2.75) is 13.8 Å². The van der Waals surface area contributed by atoms with Gasteiger partial charge in [0, 0.05) is 10.9 Å². The number of aryl methyl sites for hydroxylation is 2. The van der Waals surface area contributed by atoms with Crippen molar-refractivity contribution < 1.29 is 14.2 Å². The van der Waals surface area contributed by atoms with E-state index in [-0.39, 0.29) is 0 Å². The van der Waals surface area contributed by atoms with E-state index in [1.54, 1.807) is 27.5 Å². The zero-order valence-corrected chi connectivity index (χ0v) is 16.2. The second kappa shape index (κ2) is 7.95. The van der Waals surface area contributed by atoms with Crippen LogP contribution in [-0.2, 0) is 0 Å². The number of para-hydroxylation sites is 1. The van der Waals surface area contributed by atoms with Crippen LogP contribution in [0.4, 0.5) is 5.82 Å². The average molecular weight is 365 g/mol. The van der Waals surface area contributed by atoms with Gasteiger partial charge in [-0.3, -0.25) is 5.43 Å². The molecule has 6 heteroatoms. The van der Waals surface area contributed by atoms with Crippen LogP contribution in [0.1, 0.15) is 16.7 Å². The summed E-state index contributed by atoms with van der Waals surface area (Å²) in [6, 6.07) is 11.8. The Balaban J connectivity index is 1.88. The Morgan fingerprint density at radius 2 is 1.63 bits per heavy atom. The normalized spacial score (nSPS) is 11.0. The number of aromatic nitrogens is 1. The Morgan fingerprint density at radius 3 is 2.26 bits per heavy atom. The monoisotopic (exact) mass is 365 g/mol. The highest BCUT2D eigenvalue weighted by molar-refractivity contribution is 5.87. The first kappa shape index (κ1) is 18.5. The van der Waals surface area contributed by atoms with Crippen LogP contribution in [0.5, 0.6) is 17.2 Å².